The van der Waals surface area contributed by atoms with Crippen LogP contribution in [-0.2, 0) is 4.79 Å². The van der Waals surface area contributed by atoms with Crippen LogP contribution in [0.4, 0.5) is 5.95 Å². The number of anilines is 1. The molecule has 0 aliphatic carbocycles. The summed E-state index contributed by atoms with van der Waals surface area (Å²) in [6, 6.07) is -0.339. The van der Waals surface area contributed by atoms with Crippen LogP contribution in [0.15, 0.2) is 12.4 Å². The van der Waals surface area contributed by atoms with Gasteiger partial charge < -0.3 is 10.6 Å². The van der Waals surface area contributed by atoms with Gasteiger partial charge in [0.15, 0.2) is 0 Å². The molecule has 1 aromatic rings. The topological polar surface area (TPSA) is 66.9 Å². The number of carbonyl (C=O) groups is 1. The van der Waals surface area contributed by atoms with E-state index in [1.807, 2.05) is 0 Å². The molecule has 1 rings (SSSR count). The second-order valence-electron chi connectivity index (χ2n) is 4.23. The normalized spacial score (nSPS) is 12.3. The molecule has 0 fully saturated rings. The molecule has 0 saturated heterocycles. The van der Waals surface area contributed by atoms with Crippen molar-refractivity contribution in [2.45, 2.75) is 26.8 Å². The number of rotatable bonds is 5. The number of nitrogens with zero attached hydrogens (tertiary/aromatic N) is 2. The zero-order chi connectivity index (χ0) is 12.8. The van der Waals surface area contributed by atoms with Crippen molar-refractivity contribution in [3.05, 3.63) is 16.0 Å². The van der Waals surface area contributed by atoms with Crippen LogP contribution in [-0.4, -0.2) is 28.5 Å². The number of carbonyl (C=O) groups excluding carboxylic acids is 1. The van der Waals surface area contributed by atoms with Gasteiger partial charge in [-0.1, -0.05) is 13.8 Å². The lowest BCUT2D eigenvalue weighted by atomic mass is 10.2. The highest BCUT2D eigenvalue weighted by Crippen LogP contribution is 2.04. The molecular formula is C11H17IN4O. The summed E-state index contributed by atoms with van der Waals surface area (Å²) in [6.07, 6.45) is 3.41. The summed E-state index contributed by atoms with van der Waals surface area (Å²) in [4.78, 5) is 19.9. The fourth-order valence-corrected chi connectivity index (χ4v) is 1.38. The Bertz CT molecular complexity index is 366. The first-order chi connectivity index (χ1) is 7.99. The van der Waals surface area contributed by atoms with E-state index in [4.69, 9.17) is 0 Å². The molecule has 0 spiro atoms. The number of halogens is 1. The molecular weight excluding hydrogens is 331 g/mol. The van der Waals surface area contributed by atoms with E-state index in [2.05, 4.69) is 57.0 Å². The Morgan fingerprint density at radius 1 is 1.35 bits per heavy atom. The minimum atomic E-state index is -0.339. The maximum atomic E-state index is 11.7. The third-order valence-electron chi connectivity index (χ3n) is 2.04. The van der Waals surface area contributed by atoms with Gasteiger partial charge in [-0.2, -0.15) is 0 Å². The molecule has 6 heteroatoms. The van der Waals surface area contributed by atoms with E-state index < -0.39 is 0 Å². The Balaban J connectivity index is 2.45. The molecule has 94 valence electrons. The lowest BCUT2D eigenvalue weighted by molar-refractivity contribution is -0.121. The smallest absolute Gasteiger partial charge is 0.242 e. The van der Waals surface area contributed by atoms with Crippen LogP contribution in [0.3, 0.4) is 0 Å². The third kappa shape index (κ3) is 5.29. The fourth-order valence-electron chi connectivity index (χ4n) is 1.10. The summed E-state index contributed by atoms with van der Waals surface area (Å²) in [5.74, 6) is 0.874. The molecule has 0 saturated carbocycles. The van der Waals surface area contributed by atoms with Crippen LogP contribution >= 0.6 is 22.6 Å². The largest absolute Gasteiger partial charge is 0.354 e. The van der Waals surface area contributed by atoms with Gasteiger partial charge in [-0.25, -0.2) is 9.97 Å². The lowest BCUT2D eigenvalue weighted by Gasteiger charge is -2.14. The van der Waals surface area contributed by atoms with Gasteiger partial charge in [-0.15, -0.1) is 0 Å². The van der Waals surface area contributed by atoms with E-state index in [0.717, 1.165) is 3.57 Å². The minimum Gasteiger partial charge on any atom is -0.354 e. The van der Waals surface area contributed by atoms with E-state index in [-0.39, 0.29) is 11.9 Å². The van der Waals surface area contributed by atoms with Crippen molar-refractivity contribution in [3.63, 3.8) is 0 Å². The predicted octanol–water partition coefficient (Wildman–Crippen LogP) is 1.65. The first kappa shape index (κ1) is 14.1. The average molecular weight is 348 g/mol. The van der Waals surface area contributed by atoms with Crippen molar-refractivity contribution in [2.24, 2.45) is 5.92 Å². The summed E-state index contributed by atoms with van der Waals surface area (Å²) < 4.78 is 0.963. The lowest BCUT2D eigenvalue weighted by Crippen LogP contribution is -2.39. The van der Waals surface area contributed by atoms with Crippen LogP contribution in [0.1, 0.15) is 20.8 Å². The van der Waals surface area contributed by atoms with Crippen molar-refractivity contribution < 1.29 is 4.79 Å². The highest BCUT2D eigenvalue weighted by atomic mass is 127. The number of nitrogens with one attached hydrogen (secondary N) is 2. The summed E-state index contributed by atoms with van der Waals surface area (Å²) in [5, 5.41) is 5.81. The Hall–Kier alpha value is -0.920. The summed E-state index contributed by atoms with van der Waals surface area (Å²) in [6.45, 7) is 6.58. The molecule has 1 unspecified atom stereocenters. The highest BCUT2D eigenvalue weighted by molar-refractivity contribution is 14.1. The fraction of sp³-hybridized carbons (Fsp3) is 0.545. The number of aromatic nitrogens is 2. The zero-order valence-corrected chi connectivity index (χ0v) is 12.4. The minimum absolute atomic E-state index is 0.0409. The molecule has 1 aromatic heterocycles. The average Bonchev–Trinajstić information content (AvgIpc) is 2.28. The maximum Gasteiger partial charge on any atom is 0.242 e. The van der Waals surface area contributed by atoms with Gasteiger partial charge in [-0.3, -0.25) is 4.79 Å². The van der Waals surface area contributed by atoms with Gasteiger partial charge in [0.05, 0.1) is 0 Å². The van der Waals surface area contributed by atoms with Crippen molar-refractivity contribution in [3.8, 4) is 0 Å². The van der Waals surface area contributed by atoms with Crippen LogP contribution in [0.25, 0.3) is 0 Å². The molecule has 0 aliphatic heterocycles. The van der Waals surface area contributed by atoms with Crippen LogP contribution < -0.4 is 10.6 Å². The first-order valence-corrected chi connectivity index (χ1v) is 6.58. The molecule has 1 amide bonds. The van der Waals surface area contributed by atoms with Crippen molar-refractivity contribution in [2.75, 3.05) is 11.9 Å². The van der Waals surface area contributed by atoms with Gasteiger partial charge >= 0.3 is 0 Å². The van der Waals surface area contributed by atoms with Gasteiger partial charge in [0.1, 0.15) is 6.04 Å². The quantitative estimate of drug-likeness (QED) is 0.795. The highest BCUT2D eigenvalue weighted by Gasteiger charge is 2.13. The molecule has 0 radical (unpaired) electrons. The number of hydrogen-bond acceptors (Lipinski definition) is 4. The third-order valence-corrected chi connectivity index (χ3v) is 2.60. The molecule has 5 nitrogen and oxygen atoms in total. The van der Waals surface area contributed by atoms with E-state index in [1.54, 1.807) is 19.3 Å². The van der Waals surface area contributed by atoms with Crippen molar-refractivity contribution in [1.82, 2.24) is 15.3 Å². The van der Waals surface area contributed by atoms with Gasteiger partial charge in [-0.05, 0) is 35.4 Å². The van der Waals surface area contributed by atoms with E-state index in [1.165, 1.54) is 0 Å². The summed E-state index contributed by atoms with van der Waals surface area (Å²) >= 11 is 2.13. The molecule has 0 aliphatic rings. The van der Waals surface area contributed by atoms with E-state index in [0.29, 0.717) is 18.4 Å². The van der Waals surface area contributed by atoms with E-state index in [9.17, 15) is 4.79 Å². The number of amides is 1. The SMILES string of the molecule is CC(C)CNC(=O)C(C)Nc1ncc(I)cn1. The van der Waals surface area contributed by atoms with Gasteiger partial charge in [0.25, 0.3) is 0 Å². The second-order valence-corrected chi connectivity index (χ2v) is 5.48. The summed E-state index contributed by atoms with van der Waals surface area (Å²) in [5.41, 5.74) is 0. The molecule has 1 atom stereocenters. The Kier molecular flexibility index (Phi) is 5.60. The van der Waals surface area contributed by atoms with Crippen molar-refractivity contribution >= 4 is 34.4 Å². The second kappa shape index (κ2) is 6.73. The molecule has 0 bridgehead atoms. The van der Waals surface area contributed by atoms with Gasteiger partial charge in [0, 0.05) is 22.5 Å². The molecule has 2 N–H and O–H groups in total. The van der Waals surface area contributed by atoms with E-state index >= 15 is 0 Å². The standard InChI is InChI=1S/C11H17IN4O/c1-7(2)4-13-10(17)8(3)16-11-14-5-9(12)6-15-11/h5-8H,4H2,1-3H3,(H,13,17)(H,14,15,16). The Morgan fingerprint density at radius 3 is 2.47 bits per heavy atom. The van der Waals surface area contributed by atoms with Crippen LogP contribution in [0.2, 0.25) is 0 Å². The number of hydrogen-bond donors (Lipinski definition) is 2. The monoisotopic (exact) mass is 348 g/mol. The van der Waals surface area contributed by atoms with Crippen molar-refractivity contribution in [1.29, 1.82) is 0 Å². The van der Waals surface area contributed by atoms with Crippen LogP contribution in [0, 0.1) is 9.49 Å². The molecule has 0 aromatic carbocycles. The molecule has 17 heavy (non-hydrogen) atoms. The Labute approximate surface area is 115 Å². The summed E-state index contributed by atoms with van der Waals surface area (Å²) in [7, 11) is 0. The van der Waals surface area contributed by atoms with Crippen LogP contribution in [0.5, 0.6) is 0 Å². The molecule has 1 heterocycles. The predicted molar refractivity (Wildman–Crippen MR) is 75.7 cm³/mol. The zero-order valence-electron chi connectivity index (χ0n) is 10.2. The maximum absolute atomic E-state index is 11.7. The first-order valence-electron chi connectivity index (χ1n) is 5.51. The Morgan fingerprint density at radius 2 is 1.94 bits per heavy atom. The van der Waals surface area contributed by atoms with Gasteiger partial charge in [0.2, 0.25) is 11.9 Å².